The number of hydrogen-bond acceptors (Lipinski definition) is 3. The first-order valence-corrected chi connectivity index (χ1v) is 4.37. The van der Waals surface area contributed by atoms with E-state index in [1.54, 1.807) is 11.9 Å². The maximum Gasteiger partial charge on any atom is 0.0628 e. The predicted molar refractivity (Wildman–Crippen MR) is 40.5 cm³/mol. The molecule has 1 rings (SSSR count). The molecule has 9 heavy (non-hydrogen) atoms. The first-order valence-electron chi connectivity index (χ1n) is 3.38. The van der Waals surface area contributed by atoms with Crippen molar-refractivity contribution in [2.24, 2.45) is 0 Å². The van der Waals surface area contributed by atoms with Crippen molar-refractivity contribution in [1.29, 1.82) is 0 Å². The molecule has 1 fully saturated rings. The molecule has 3 heteroatoms. The van der Waals surface area contributed by atoms with Gasteiger partial charge in [0.25, 0.3) is 0 Å². The fourth-order valence-electron chi connectivity index (χ4n) is 0.814. The Kier molecular flexibility index (Phi) is 3.40. The van der Waals surface area contributed by atoms with Crippen molar-refractivity contribution < 1.29 is 4.74 Å². The molecule has 2 nitrogen and oxygen atoms in total. The maximum atomic E-state index is 5.24. The van der Waals surface area contributed by atoms with E-state index in [1.807, 2.05) is 6.92 Å². The molecule has 1 aliphatic heterocycles. The number of nitrogens with one attached hydrogen (secondary N) is 1. The Balaban J connectivity index is 1.98. The molecule has 0 aromatic heterocycles. The number of hydrogen-bond donors (Lipinski definition) is 1. The van der Waals surface area contributed by atoms with E-state index in [0.29, 0.717) is 6.04 Å². The van der Waals surface area contributed by atoms with Gasteiger partial charge in [0.1, 0.15) is 0 Å². The van der Waals surface area contributed by atoms with Crippen LogP contribution in [-0.4, -0.2) is 25.0 Å². The second kappa shape index (κ2) is 4.14. The van der Waals surface area contributed by atoms with Gasteiger partial charge in [0.15, 0.2) is 0 Å². The largest absolute Gasteiger partial charge is 0.380 e. The highest BCUT2D eigenvalue weighted by Crippen LogP contribution is 2.12. The summed E-state index contributed by atoms with van der Waals surface area (Å²) in [6, 6.07) is 0.606. The zero-order valence-corrected chi connectivity index (χ0v) is 6.54. The lowest BCUT2D eigenvalue weighted by Gasteiger charge is -2.07. The molecule has 0 bridgehead atoms. The van der Waals surface area contributed by atoms with E-state index in [1.165, 1.54) is 12.2 Å². The second-order valence-corrected chi connectivity index (χ2v) is 3.04. The molecule has 0 spiro atoms. The lowest BCUT2D eigenvalue weighted by molar-refractivity contribution is 0.131. The van der Waals surface area contributed by atoms with Gasteiger partial charge in [0.05, 0.1) is 6.61 Å². The molecular formula is C6H13NOS. The Morgan fingerprint density at radius 1 is 1.78 bits per heavy atom. The van der Waals surface area contributed by atoms with E-state index >= 15 is 0 Å². The summed E-state index contributed by atoms with van der Waals surface area (Å²) in [5, 5.41) is 0. The lowest BCUT2D eigenvalue weighted by Crippen LogP contribution is -2.23. The van der Waals surface area contributed by atoms with Crippen molar-refractivity contribution in [3.8, 4) is 0 Å². The van der Waals surface area contributed by atoms with Crippen molar-refractivity contribution in [3.05, 3.63) is 0 Å². The van der Waals surface area contributed by atoms with Crippen LogP contribution in [0.4, 0.5) is 0 Å². The topological polar surface area (TPSA) is 21.3 Å². The summed E-state index contributed by atoms with van der Waals surface area (Å²) in [6.45, 7) is 3.74. The molecule has 54 valence electrons. The van der Waals surface area contributed by atoms with Crippen LogP contribution in [0.1, 0.15) is 13.3 Å². The molecule has 1 unspecified atom stereocenters. The van der Waals surface area contributed by atoms with E-state index < -0.39 is 0 Å². The van der Waals surface area contributed by atoms with E-state index in [-0.39, 0.29) is 0 Å². The Bertz CT molecular complexity index is 73.5. The molecule has 1 N–H and O–H groups in total. The third-order valence-corrected chi connectivity index (χ3v) is 2.28. The van der Waals surface area contributed by atoms with Gasteiger partial charge in [-0.25, -0.2) is 0 Å². The van der Waals surface area contributed by atoms with Crippen LogP contribution in [0.25, 0.3) is 0 Å². The second-order valence-electron chi connectivity index (χ2n) is 2.11. The summed E-state index contributed by atoms with van der Waals surface area (Å²) in [6.07, 6.45) is 1.25. The molecule has 1 aliphatic rings. The molecular weight excluding hydrogens is 134 g/mol. The Hall–Kier alpha value is 0.270. The lowest BCUT2D eigenvalue weighted by atomic mass is 10.3. The molecule has 1 saturated heterocycles. The highest BCUT2D eigenvalue weighted by molar-refractivity contribution is 7.97. The van der Waals surface area contributed by atoms with Crippen LogP contribution < -0.4 is 4.72 Å². The van der Waals surface area contributed by atoms with Gasteiger partial charge in [0.2, 0.25) is 0 Å². The smallest absolute Gasteiger partial charge is 0.0628 e. The van der Waals surface area contributed by atoms with Crippen molar-refractivity contribution in [2.75, 3.05) is 19.0 Å². The predicted octanol–water partition coefficient (Wildman–Crippen LogP) is 1.03. The molecule has 1 atom stereocenters. The van der Waals surface area contributed by atoms with E-state index in [9.17, 15) is 0 Å². The highest BCUT2D eigenvalue weighted by Gasteiger charge is 2.13. The van der Waals surface area contributed by atoms with Gasteiger partial charge in [-0.05, 0) is 13.3 Å². The van der Waals surface area contributed by atoms with Crippen LogP contribution in [0.2, 0.25) is 0 Å². The van der Waals surface area contributed by atoms with Gasteiger partial charge < -0.3 is 4.74 Å². The van der Waals surface area contributed by atoms with Gasteiger partial charge >= 0.3 is 0 Å². The average molecular weight is 147 g/mol. The molecule has 0 saturated carbocycles. The van der Waals surface area contributed by atoms with Crippen molar-refractivity contribution >= 4 is 11.9 Å². The van der Waals surface area contributed by atoms with Gasteiger partial charge in [-0.3, -0.25) is 4.72 Å². The van der Waals surface area contributed by atoms with Crippen LogP contribution in [0.3, 0.4) is 0 Å². The highest BCUT2D eigenvalue weighted by atomic mass is 32.2. The van der Waals surface area contributed by atoms with E-state index in [2.05, 4.69) is 4.72 Å². The van der Waals surface area contributed by atoms with Gasteiger partial charge in [-0.1, -0.05) is 11.9 Å². The normalized spacial score (nSPS) is 27.0. The number of ether oxygens (including phenoxy) is 1. The van der Waals surface area contributed by atoms with Crippen LogP contribution >= 0.6 is 11.9 Å². The zero-order valence-electron chi connectivity index (χ0n) is 5.72. The molecule has 0 radical (unpaired) electrons. The summed E-state index contributed by atoms with van der Waals surface area (Å²) in [5.41, 5.74) is 0. The minimum absolute atomic E-state index is 0.606. The molecule has 0 aromatic rings. The molecule has 0 amide bonds. The van der Waals surface area contributed by atoms with Crippen LogP contribution in [0.5, 0.6) is 0 Å². The summed E-state index contributed by atoms with van der Waals surface area (Å²) >= 11 is 1.80. The van der Waals surface area contributed by atoms with Crippen LogP contribution in [0.15, 0.2) is 0 Å². The van der Waals surface area contributed by atoms with Crippen molar-refractivity contribution in [1.82, 2.24) is 4.72 Å². The average Bonchev–Trinajstić information content (AvgIpc) is 2.34. The standard InChI is InChI=1S/C6H13NOS/c1-2-8-5-6-3-4-9-7-6/h6-7H,2-5H2,1H3. The fourth-order valence-corrected chi connectivity index (χ4v) is 1.76. The van der Waals surface area contributed by atoms with Gasteiger partial charge in [-0.15, -0.1) is 0 Å². The third kappa shape index (κ3) is 2.56. The fraction of sp³-hybridized carbons (Fsp3) is 1.00. The van der Waals surface area contributed by atoms with Crippen molar-refractivity contribution in [3.63, 3.8) is 0 Å². The zero-order chi connectivity index (χ0) is 6.53. The quantitative estimate of drug-likeness (QED) is 0.602. The Morgan fingerprint density at radius 2 is 2.67 bits per heavy atom. The van der Waals surface area contributed by atoms with Crippen LogP contribution in [-0.2, 0) is 4.74 Å². The molecule has 0 aromatic carbocycles. The summed E-state index contributed by atoms with van der Waals surface area (Å²) in [7, 11) is 0. The van der Waals surface area contributed by atoms with E-state index in [4.69, 9.17) is 4.74 Å². The third-order valence-electron chi connectivity index (χ3n) is 1.34. The molecule has 0 aliphatic carbocycles. The van der Waals surface area contributed by atoms with E-state index in [0.717, 1.165) is 13.2 Å². The Labute approximate surface area is 60.5 Å². The maximum absolute atomic E-state index is 5.24. The number of rotatable bonds is 3. The van der Waals surface area contributed by atoms with Crippen LogP contribution in [0, 0.1) is 0 Å². The Morgan fingerprint density at radius 3 is 3.22 bits per heavy atom. The first-order chi connectivity index (χ1) is 4.43. The summed E-state index contributed by atoms with van der Waals surface area (Å²) < 4.78 is 8.52. The minimum Gasteiger partial charge on any atom is -0.380 e. The first kappa shape index (κ1) is 7.38. The van der Waals surface area contributed by atoms with Gasteiger partial charge in [-0.2, -0.15) is 0 Å². The molecule has 1 heterocycles. The van der Waals surface area contributed by atoms with Crippen molar-refractivity contribution in [2.45, 2.75) is 19.4 Å². The minimum atomic E-state index is 0.606. The monoisotopic (exact) mass is 147 g/mol. The summed E-state index contributed by atoms with van der Waals surface area (Å²) in [4.78, 5) is 0. The summed E-state index contributed by atoms with van der Waals surface area (Å²) in [5.74, 6) is 1.23. The SMILES string of the molecule is CCOCC1CCSN1. The van der Waals surface area contributed by atoms with Gasteiger partial charge in [0, 0.05) is 18.4 Å².